The van der Waals surface area contributed by atoms with Crippen molar-refractivity contribution < 1.29 is 12.8 Å². The van der Waals surface area contributed by atoms with Gasteiger partial charge in [0.2, 0.25) is 10.0 Å². The van der Waals surface area contributed by atoms with E-state index in [4.69, 9.17) is 4.42 Å². The largest absolute Gasteiger partial charge is 0.419 e. The molecule has 4 rings (SSSR count). The lowest BCUT2D eigenvalue weighted by Crippen LogP contribution is -2.38. The first kappa shape index (κ1) is 18.7. The van der Waals surface area contributed by atoms with E-state index in [-0.39, 0.29) is 10.8 Å². The van der Waals surface area contributed by atoms with Gasteiger partial charge >= 0.3 is 5.76 Å². The van der Waals surface area contributed by atoms with Gasteiger partial charge in [0.25, 0.3) is 0 Å². The standard InChI is InChI=1S/C19H22N4O4S/c1-22-17-11-16(4-5-18(17)27-19(22)24)28(25,26)21-12-14-6-9-23(10-7-14)15-3-2-8-20-13-15/h2-5,8,11,13-14,21H,6-7,9-10,12H2,1H3. The average Bonchev–Trinajstić information content (AvgIpc) is 3.01. The highest BCUT2D eigenvalue weighted by Crippen LogP contribution is 2.23. The number of oxazole rings is 1. The predicted molar refractivity (Wildman–Crippen MR) is 106 cm³/mol. The summed E-state index contributed by atoms with van der Waals surface area (Å²) in [5.41, 5.74) is 1.92. The van der Waals surface area contributed by atoms with Gasteiger partial charge < -0.3 is 9.32 Å². The summed E-state index contributed by atoms with van der Waals surface area (Å²) in [6, 6.07) is 8.39. The Bertz CT molecular complexity index is 1130. The summed E-state index contributed by atoms with van der Waals surface area (Å²) in [4.78, 5) is 18.1. The molecule has 1 fully saturated rings. The van der Waals surface area contributed by atoms with E-state index in [1.54, 1.807) is 13.2 Å². The maximum atomic E-state index is 12.7. The molecule has 3 aromatic rings. The number of piperidine rings is 1. The van der Waals surface area contributed by atoms with Crippen LogP contribution in [0.4, 0.5) is 5.69 Å². The third kappa shape index (κ3) is 3.67. The molecule has 1 N–H and O–H groups in total. The Kier molecular flexibility index (Phi) is 4.94. The van der Waals surface area contributed by atoms with E-state index in [0.29, 0.717) is 17.6 Å². The van der Waals surface area contributed by atoms with Crippen molar-refractivity contribution in [3.63, 3.8) is 0 Å². The number of nitrogens with zero attached hydrogens (tertiary/aromatic N) is 3. The summed E-state index contributed by atoms with van der Waals surface area (Å²) in [5.74, 6) is -0.234. The number of hydrogen-bond acceptors (Lipinski definition) is 6. The van der Waals surface area contributed by atoms with Gasteiger partial charge in [0.15, 0.2) is 5.58 Å². The topological polar surface area (TPSA) is 97.4 Å². The van der Waals surface area contributed by atoms with Gasteiger partial charge in [0, 0.05) is 32.9 Å². The van der Waals surface area contributed by atoms with Gasteiger partial charge in [-0.15, -0.1) is 0 Å². The lowest BCUT2D eigenvalue weighted by molar-refractivity contribution is 0.402. The Morgan fingerprint density at radius 1 is 1.25 bits per heavy atom. The van der Waals surface area contributed by atoms with Gasteiger partial charge in [-0.1, -0.05) is 0 Å². The third-order valence-corrected chi connectivity index (χ3v) is 6.68. The van der Waals surface area contributed by atoms with Gasteiger partial charge in [0.05, 0.1) is 22.3 Å². The molecule has 0 aliphatic carbocycles. The number of anilines is 1. The van der Waals surface area contributed by atoms with Gasteiger partial charge in [-0.3, -0.25) is 9.55 Å². The molecular weight excluding hydrogens is 380 g/mol. The van der Waals surface area contributed by atoms with Crippen LogP contribution in [-0.2, 0) is 17.1 Å². The fourth-order valence-corrected chi connectivity index (χ4v) is 4.66. The van der Waals surface area contributed by atoms with Crippen LogP contribution in [0.3, 0.4) is 0 Å². The molecule has 1 aliphatic heterocycles. The molecule has 0 radical (unpaired) electrons. The fourth-order valence-electron chi connectivity index (χ4n) is 3.52. The van der Waals surface area contributed by atoms with E-state index in [0.717, 1.165) is 31.6 Å². The minimum atomic E-state index is -3.65. The first-order valence-electron chi connectivity index (χ1n) is 9.18. The van der Waals surface area contributed by atoms with Crippen LogP contribution in [0.2, 0.25) is 0 Å². The van der Waals surface area contributed by atoms with Crippen molar-refractivity contribution in [1.82, 2.24) is 14.3 Å². The Morgan fingerprint density at radius 3 is 2.75 bits per heavy atom. The maximum Gasteiger partial charge on any atom is 0.419 e. The third-order valence-electron chi connectivity index (χ3n) is 5.26. The number of rotatable bonds is 5. The summed E-state index contributed by atoms with van der Waals surface area (Å²) in [6.07, 6.45) is 5.42. The Hall–Kier alpha value is -2.65. The molecule has 9 heteroatoms. The van der Waals surface area contributed by atoms with Crippen LogP contribution < -0.4 is 15.4 Å². The monoisotopic (exact) mass is 402 g/mol. The normalized spacial score (nSPS) is 16.0. The molecule has 1 aliphatic rings. The molecule has 0 unspecified atom stereocenters. The van der Waals surface area contributed by atoms with Crippen molar-refractivity contribution in [3.8, 4) is 0 Å². The van der Waals surface area contributed by atoms with Crippen LogP contribution in [0, 0.1) is 5.92 Å². The molecule has 2 aromatic heterocycles. The number of sulfonamides is 1. The number of fused-ring (bicyclic) bond motifs is 1. The van der Waals surface area contributed by atoms with Crippen LogP contribution in [-0.4, -0.2) is 37.6 Å². The number of nitrogens with one attached hydrogen (secondary N) is 1. The molecule has 0 bridgehead atoms. The summed E-state index contributed by atoms with van der Waals surface area (Å²) in [6.45, 7) is 2.15. The van der Waals surface area contributed by atoms with Gasteiger partial charge in [0.1, 0.15) is 0 Å². The first-order chi connectivity index (χ1) is 13.4. The second-order valence-electron chi connectivity index (χ2n) is 7.05. The van der Waals surface area contributed by atoms with E-state index in [2.05, 4.69) is 14.6 Å². The minimum absolute atomic E-state index is 0.129. The van der Waals surface area contributed by atoms with Gasteiger partial charge in [-0.05, 0) is 49.1 Å². The smallest absolute Gasteiger partial charge is 0.408 e. The molecule has 0 amide bonds. The van der Waals surface area contributed by atoms with E-state index < -0.39 is 15.8 Å². The van der Waals surface area contributed by atoms with Crippen LogP contribution in [0.5, 0.6) is 0 Å². The summed E-state index contributed by atoms with van der Waals surface area (Å²) < 4.78 is 34.4. The highest BCUT2D eigenvalue weighted by Gasteiger charge is 2.23. The SMILES string of the molecule is Cn1c(=O)oc2ccc(S(=O)(=O)NCC3CCN(c4cccnc4)CC3)cc21. The average molecular weight is 402 g/mol. The molecule has 0 saturated carbocycles. The number of aromatic nitrogens is 2. The molecule has 0 atom stereocenters. The molecule has 28 heavy (non-hydrogen) atoms. The lowest BCUT2D eigenvalue weighted by atomic mass is 9.97. The molecule has 148 valence electrons. The van der Waals surface area contributed by atoms with Gasteiger partial charge in [-0.2, -0.15) is 0 Å². The summed E-state index contributed by atoms with van der Waals surface area (Å²) in [7, 11) is -2.11. The van der Waals surface area contributed by atoms with Crippen molar-refractivity contribution in [2.45, 2.75) is 17.7 Å². The van der Waals surface area contributed by atoms with E-state index in [1.165, 1.54) is 22.8 Å². The number of aryl methyl sites for hydroxylation is 1. The lowest BCUT2D eigenvalue weighted by Gasteiger charge is -2.33. The van der Waals surface area contributed by atoms with Crippen molar-refractivity contribution >= 4 is 26.8 Å². The zero-order valence-electron chi connectivity index (χ0n) is 15.5. The van der Waals surface area contributed by atoms with Crippen LogP contribution >= 0.6 is 0 Å². The highest BCUT2D eigenvalue weighted by atomic mass is 32.2. The Labute approximate surface area is 162 Å². The van der Waals surface area contributed by atoms with Crippen LogP contribution in [0.25, 0.3) is 11.1 Å². The van der Waals surface area contributed by atoms with E-state index in [1.807, 2.05) is 18.3 Å². The number of pyridine rings is 1. The molecule has 8 nitrogen and oxygen atoms in total. The molecule has 3 heterocycles. The second kappa shape index (κ2) is 7.40. The van der Waals surface area contributed by atoms with Crippen molar-refractivity contribution in [2.75, 3.05) is 24.5 Å². The van der Waals surface area contributed by atoms with Crippen molar-refractivity contribution in [2.24, 2.45) is 13.0 Å². The van der Waals surface area contributed by atoms with Gasteiger partial charge in [-0.25, -0.2) is 17.9 Å². The number of hydrogen-bond donors (Lipinski definition) is 1. The van der Waals surface area contributed by atoms with Crippen molar-refractivity contribution in [3.05, 3.63) is 53.3 Å². The highest BCUT2D eigenvalue weighted by molar-refractivity contribution is 7.89. The Balaban J connectivity index is 1.39. The molecular formula is C19H22N4O4S. The second-order valence-corrected chi connectivity index (χ2v) is 8.82. The van der Waals surface area contributed by atoms with Crippen molar-refractivity contribution in [1.29, 1.82) is 0 Å². The number of benzene rings is 1. The first-order valence-corrected chi connectivity index (χ1v) is 10.7. The molecule has 1 saturated heterocycles. The van der Waals surface area contributed by atoms with E-state index >= 15 is 0 Å². The summed E-state index contributed by atoms with van der Waals surface area (Å²) in [5, 5.41) is 0. The zero-order valence-corrected chi connectivity index (χ0v) is 16.4. The van der Waals surface area contributed by atoms with E-state index in [9.17, 15) is 13.2 Å². The fraction of sp³-hybridized carbons (Fsp3) is 0.368. The quantitative estimate of drug-likeness (QED) is 0.698. The summed E-state index contributed by atoms with van der Waals surface area (Å²) >= 11 is 0. The van der Waals surface area contributed by atoms with Crippen LogP contribution in [0.1, 0.15) is 12.8 Å². The predicted octanol–water partition coefficient (Wildman–Crippen LogP) is 1.72. The Morgan fingerprint density at radius 2 is 2.04 bits per heavy atom. The minimum Gasteiger partial charge on any atom is -0.408 e. The molecule has 0 spiro atoms. The zero-order chi connectivity index (χ0) is 19.7. The molecule has 1 aromatic carbocycles. The van der Waals surface area contributed by atoms with Crippen LogP contribution in [0.15, 0.2) is 56.8 Å². The maximum absolute atomic E-state index is 12.7.